The predicted octanol–water partition coefficient (Wildman–Crippen LogP) is 14.9. The Hall–Kier alpha value is -9.47. The summed E-state index contributed by atoms with van der Waals surface area (Å²) >= 11 is 0. The van der Waals surface area contributed by atoms with Crippen molar-refractivity contribution < 1.29 is 72.3 Å². The quantitative estimate of drug-likeness (QED) is 0.0658. The number of rotatable bonds is 12. The number of aromatic nitrogens is 2. The second-order valence-electron chi connectivity index (χ2n) is 20.1. The molecule has 0 aliphatic heterocycles. The molecular formula is C62H55F9N6O7. The molecule has 13 nitrogen and oxygen atoms in total. The molecule has 0 aliphatic carbocycles. The number of benzene rings is 6. The molecule has 0 aliphatic rings. The second kappa shape index (κ2) is 23.4. The summed E-state index contributed by atoms with van der Waals surface area (Å²) in [4.78, 5) is 58.4. The predicted molar refractivity (Wildman–Crippen MR) is 303 cm³/mol. The number of halogens is 9. The summed E-state index contributed by atoms with van der Waals surface area (Å²) in [7, 11) is 4.09. The Kier molecular flexibility index (Phi) is 16.9. The number of alkyl halides is 7. The molecule has 84 heavy (non-hydrogen) atoms. The zero-order valence-electron chi connectivity index (χ0n) is 46.5. The summed E-state index contributed by atoms with van der Waals surface area (Å²) in [6, 6.07) is 29.5. The van der Waals surface area contributed by atoms with Crippen LogP contribution >= 0.6 is 0 Å². The second-order valence-corrected chi connectivity index (χ2v) is 20.1. The van der Waals surface area contributed by atoms with Crippen LogP contribution in [0.2, 0.25) is 0 Å². The van der Waals surface area contributed by atoms with Crippen molar-refractivity contribution in [3.63, 3.8) is 0 Å². The monoisotopic (exact) mass is 1170 g/mol. The zero-order chi connectivity index (χ0) is 61.4. The third-order valence-corrected chi connectivity index (χ3v) is 13.3. The molecule has 0 saturated carbocycles. The number of ether oxygens (including phenoxy) is 1. The van der Waals surface area contributed by atoms with Crippen molar-refractivity contribution in [1.82, 2.24) is 31.2 Å². The molecule has 10 aromatic rings. The fraction of sp³-hybridized carbons (Fsp3) is 0.226. The van der Waals surface area contributed by atoms with Gasteiger partial charge in [-0.3, -0.25) is 19.2 Å². The Labute approximate surface area is 473 Å². The first kappa shape index (κ1) is 60.6. The number of nitrogens with one attached hydrogen (secondary N) is 6. The van der Waals surface area contributed by atoms with Gasteiger partial charge in [0.15, 0.2) is 0 Å². The molecule has 0 spiro atoms. The first-order chi connectivity index (χ1) is 39.7. The van der Waals surface area contributed by atoms with Gasteiger partial charge in [-0.1, -0.05) is 32.0 Å². The number of hydrogen-bond acceptors (Lipinski definition) is 7. The maximum Gasteiger partial charge on any atom is 0.459 e. The van der Waals surface area contributed by atoms with Gasteiger partial charge in [-0.25, -0.2) is 8.78 Å². The highest BCUT2D eigenvalue weighted by Gasteiger charge is 2.72. The van der Waals surface area contributed by atoms with E-state index in [1.807, 2.05) is 71.9 Å². The smallest absolute Gasteiger partial charge is 0.459 e. The number of furan rings is 2. The van der Waals surface area contributed by atoms with E-state index >= 15 is 0 Å². The molecule has 0 bridgehead atoms. The molecule has 4 aromatic heterocycles. The Morgan fingerprint density at radius 1 is 0.583 bits per heavy atom. The fourth-order valence-corrected chi connectivity index (χ4v) is 9.42. The van der Waals surface area contributed by atoms with Gasteiger partial charge in [0.05, 0.1) is 41.4 Å². The van der Waals surface area contributed by atoms with Crippen LogP contribution in [0.5, 0.6) is 5.75 Å². The molecule has 10 rings (SSSR count). The number of carbonyl (C=O) groups excluding carboxylic acids is 4. The van der Waals surface area contributed by atoms with Crippen LogP contribution in [0.3, 0.4) is 0 Å². The summed E-state index contributed by atoms with van der Waals surface area (Å²) < 4.78 is 137. The molecular weight excluding hydrogens is 1110 g/mol. The number of hydrogen-bond donors (Lipinski definition) is 6. The van der Waals surface area contributed by atoms with Crippen molar-refractivity contribution in [2.24, 2.45) is 0 Å². The molecule has 22 heteroatoms. The van der Waals surface area contributed by atoms with E-state index in [1.54, 1.807) is 43.6 Å². The average molecular weight is 1170 g/mol. The van der Waals surface area contributed by atoms with E-state index in [4.69, 9.17) is 13.6 Å². The lowest BCUT2D eigenvalue weighted by Gasteiger charge is -2.28. The highest BCUT2D eigenvalue weighted by atomic mass is 19.4. The van der Waals surface area contributed by atoms with Crippen LogP contribution in [-0.4, -0.2) is 84.9 Å². The van der Waals surface area contributed by atoms with Crippen molar-refractivity contribution in [3.8, 4) is 50.7 Å². The molecule has 0 atom stereocenters. The number of H-pyrrole nitrogens is 2. The molecule has 0 fully saturated rings. The minimum atomic E-state index is -6.56. The number of methoxy groups -OCH3 is 1. The van der Waals surface area contributed by atoms with E-state index in [0.717, 1.165) is 40.9 Å². The average Bonchev–Trinajstić information content (AvgIpc) is 4.46. The normalized spacial score (nSPS) is 11.9. The van der Waals surface area contributed by atoms with Crippen LogP contribution in [0.25, 0.3) is 88.6 Å². The van der Waals surface area contributed by atoms with Gasteiger partial charge in [-0.15, -0.1) is 0 Å². The van der Waals surface area contributed by atoms with Crippen molar-refractivity contribution in [2.45, 2.75) is 65.1 Å². The molecule has 4 heterocycles. The first-order valence-electron chi connectivity index (χ1n) is 26.0. The number of fused-ring (bicyclic) bond motifs is 6. The number of aromatic amines is 2. The van der Waals surface area contributed by atoms with Gasteiger partial charge >= 0.3 is 18.0 Å². The van der Waals surface area contributed by atoms with Gasteiger partial charge in [0.1, 0.15) is 40.1 Å². The third kappa shape index (κ3) is 11.6. The minimum Gasteiger partial charge on any atom is -0.496 e. The highest BCUT2D eigenvalue weighted by molar-refractivity contribution is 6.21. The van der Waals surface area contributed by atoms with Crippen molar-refractivity contribution in [3.05, 3.63) is 161 Å². The van der Waals surface area contributed by atoms with Crippen LogP contribution in [-0.2, 0) is 0 Å². The summed E-state index contributed by atoms with van der Waals surface area (Å²) in [6.45, 7) is 9.44. The molecule has 0 unspecified atom stereocenters. The molecule has 0 saturated heterocycles. The first-order valence-corrected chi connectivity index (χ1v) is 26.0. The fourth-order valence-electron chi connectivity index (χ4n) is 9.42. The summed E-state index contributed by atoms with van der Waals surface area (Å²) in [5.41, 5.74) is 6.48. The maximum atomic E-state index is 13.9. The van der Waals surface area contributed by atoms with Crippen molar-refractivity contribution >= 4 is 67.4 Å². The van der Waals surface area contributed by atoms with Gasteiger partial charge in [0.25, 0.3) is 23.6 Å². The van der Waals surface area contributed by atoms with E-state index < -0.39 is 47.8 Å². The SMILES string of the molecule is CC.CNC(=O)c1c(-c2ccc(F)cc2)oc2c1cc(-c1ccc(OC)c(C(=O)NCC(F)(F)C(F)(F)C(F)(F)F)c1)c1[nH]ccc12.CNC(=O)c1c(-c2ccc(F)cc2)oc2c1cc(-c1cccc(C(=O)NC(C)(C)C)c1)c1[nH]c(C)cc12. The minimum absolute atomic E-state index is 0.0998. The van der Waals surface area contributed by atoms with Crippen molar-refractivity contribution in [2.75, 3.05) is 27.7 Å². The molecule has 4 amide bonds. The van der Waals surface area contributed by atoms with Crippen LogP contribution in [0.15, 0.2) is 130 Å². The van der Waals surface area contributed by atoms with E-state index in [-0.39, 0.29) is 51.4 Å². The zero-order valence-corrected chi connectivity index (χ0v) is 46.5. The molecule has 6 N–H and O–H groups in total. The van der Waals surface area contributed by atoms with E-state index in [9.17, 15) is 58.7 Å². The molecule has 0 radical (unpaired) electrons. The van der Waals surface area contributed by atoms with Crippen LogP contribution < -0.4 is 26.0 Å². The van der Waals surface area contributed by atoms with Crippen molar-refractivity contribution in [1.29, 1.82) is 0 Å². The Morgan fingerprint density at radius 3 is 1.61 bits per heavy atom. The van der Waals surface area contributed by atoms with Crippen LogP contribution in [0.4, 0.5) is 39.5 Å². The Bertz CT molecular complexity index is 4130. The lowest BCUT2D eigenvalue weighted by Crippen LogP contribution is -2.56. The number of carbonyl (C=O) groups is 4. The third-order valence-electron chi connectivity index (χ3n) is 13.3. The highest BCUT2D eigenvalue weighted by Crippen LogP contribution is 2.47. The molecule has 6 aromatic carbocycles. The van der Waals surface area contributed by atoms with Gasteiger partial charge < -0.3 is 44.8 Å². The van der Waals surface area contributed by atoms with E-state index in [2.05, 4.69) is 25.9 Å². The van der Waals surface area contributed by atoms with Gasteiger partial charge in [0, 0.05) is 80.9 Å². The van der Waals surface area contributed by atoms with E-state index in [1.165, 1.54) is 60.9 Å². The Balaban J connectivity index is 0.000000216. The number of amides is 4. The Morgan fingerprint density at radius 2 is 1.10 bits per heavy atom. The number of aryl methyl sites for hydroxylation is 1. The standard InChI is InChI=1S/C30H21F8N3O4.C30H28FN3O3.C2H6/c1-39-27(43)22-20-12-18(23-17(9-10-40-23)25(20)45-24(22)14-3-6-16(31)7-4-14)15-5-8-21(44-2)19(11-15)26(42)41-13-28(32,33)29(34,35)30(36,37)38;1-16-13-23-25(33-16)21(18-7-6-8-19(14-18)28(35)34-30(2,3)4)15-22-24(29(36)32-5)26(37-27(22)23)17-9-11-20(31)12-10-17;1-2/h3-12,40H,13H2,1-2H3,(H,39,43)(H,41,42);6-15,33H,1-5H3,(H,32,36)(H,34,35);1-2H3. The lowest BCUT2D eigenvalue weighted by atomic mass is 9.96. The topological polar surface area (TPSA) is 183 Å². The summed E-state index contributed by atoms with van der Waals surface area (Å²) in [5, 5.41) is 11.9. The van der Waals surface area contributed by atoms with Crippen LogP contribution in [0.1, 0.15) is 81.7 Å². The van der Waals surface area contributed by atoms with Gasteiger partial charge in [-0.05, 0) is 136 Å². The van der Waals surface area contributed by atoms with Gasteiger partial charge in [-0.2, -0.15) is 30.7 Å². The van der Waals surface area contributed by atoms with Gasteiger partial charge in [0.2, 0.25) is 0 Å². The lowest BCUT2D eigenvalue weighted by molar-refractivity contribution is -0.352. The summed E-state index contributed by atoms with van der Waals surface area (Å²) in [6.07, 6.45) is -5.00. The van der Waals surface area contributed by atoms with E-state index in [0.29, 0.717) is 60.8 Å². The van der Waals surface area contributed by atoms with Crippen LogP contribution in [0, 0.1) is 18.6 Å². The summed E-state index contributed by atoms with van der Waals surface area (Å²) in [5.74, 6) is -15.1. The largest absolute Gasteiger partial charge is 0.496 e. The molecule has 438 valence electrons. The maximum absolute atomic E-state index is 13.9.